The van der Waals surface area contributed by atoms with E-state index in [0.29, 0.717) is 10.7 Å². The van der Waals surface area contributed by atoms with Crippen molar-refractivity contribution >= 4 is 28.9 Å². The lowest BCUT2D eigenvalue weighted by atomic mass is 10.4. The van der Waals surface area contributed by atoms with Gasteiger partial charge >= 0.3 is 0 Å². The zero-order chi connectivity index (χ0) is 11.4. The molecule has 0 saturated heterocycles. The van der Waals surface area contributed by atoms with Crippen molar-refractivity contribution in [2.45, 2.75) is 9.37 Å². The molecule has 0 aliphatic heterocycles. The van der Waals surface area contributed by atoms with Gasteiger partial charge in [-0.1, -0.05) is 5.16 Å². The van der Waals surface area contributed by atoms with Crippen molar-refractivity contribution in [2.75, 3.05) is 0 Å². The number of amidine groups is 1. The van der Waals surface area contributed by atoms with Crippen LogP contribution >= 0.6 is 23.1 Å². The zero-order valence-corrected chi connectivity index (χ0v) is 9.57. The first-order valence-electron chi connectivity index (χ1n) is 4.17. The summed E-state index contributed by atoms with van der Waals surface area (Å²) in [4.78, 5) is 12.2. The lowest BCUT2D eigenvalue weighted by molar-refractivity contribution is 0.318. The van der Waals surface area contributed by atoms with Crippen LogP contribution in [0.25, 0.3) is 0 Å². The highest BCUT2D eigenvalue weighted by Crippen LogP contribution is 2.26. The molecule has 0 radical (unpaired) electrons. The van der Waals surface area contributed by atoms with Crippen molar-refractivity contribution in [2.24, 2.45) is 10.9 Å². The summed E-state index contributed by atoms with van der Waals surface area (Å²) in [5.74, 6) is -0.0571. The molecular formula is C8H7N5OS2. The van der Waals surface area contributed by atoms with Gasteiger partial charge in [-0.05, 0) is 11.8 Å². The van der Waals surface area contributed by atoms with Crippen LogP contribution in [0.1, 0.15) is 5.69 Å². The molecule has 3 N–H and O–H groups in total. The summed E-state index contributed by atoms with van der Waals surface area (Å²) in [6, 6.07) is 0. The second-order valence-corrected chi connectivity index (χ2v) is 4.79. The molecule has 0 unspecified atom stereocenters. The number of thiazole rings is 1. The standard InChI is InChI=1S/C8H7N5OS2/c9-7(13-14)5-3-12-6(4-11-5)16-8-10-1-2-15-8/h1-4,14H,(H2,9,13). The van der Waals surface area contributed by atoms with Crippen LogP contribution in [0.4, 0.5) is 0 Å². The predicted molar refractivity (Wildman–Crippen MR) is 60.8 cm³/mol. The summed E-state index contributed by atoms with van der Waals surface area (Å²) in [5, 5.41) is 13.9. The van der Waals surface area contributed by atoms with E-state index in [4.69, 9.17) is 10.9 Å². The Morgan fingerprint density at radius 1 is 1.38 bits per heavy atom. The van der Waals surface area contributed by atoms with Crippen molar-refractivity contribution in [3.63, 3.8) is 0 Å². The summed E-state index contributed by atoms with van der Waals surface area (Å²) in [7, 11) is 0. The molecule has 2 aromatic heterocycles. The minimum atomic E-state index is -0.0571. The van der Waals surface area contributed by atoms with Crippen LogP contribution in [0, 0.1) is 0 Å². The molecule has 2 heterocycles. The molecule has 0 saturated carbocycles. The molecule has 0 atom stereocenters. The van der Waals surface area contributed by atoms with Gasteiger partial charge in [-0.3, -0.25) is 0 Å². The molecule has 0 aliphatic carbocycles. The molecule has 0 amide bonds. The number of nitrogens with two attached hydrogens (primary N) is 1. The Kier molecular flexibility index (Phi) is 3.32. The first-order chi connectivity index (χ1) is 7.79. The molecule has 0 aromatic carbocycles. The zero-order valence-electron chi connectivity index (χ0n) is 7.94. The number of aromatic nitrogens is 3. The van der Waals surface area contributed by atoms with E-state index in [2.05, 4.69) is 20.1 Å². The Bertz CT molecular complexity index is 482. The van der Waals surface area contributed by atoms with Crippen LogP contribution in [0.5, 0.6) is 0 Å². The third-order valence-electron chi connectivity index (χ3n) is 1.60. The number of oxime groups is 1. The number of hydrogen-bond donors (Lipinski definition) is 2. The Balaban J connectivity index is 2.14. The Labute approximate surface area is 99.3 Å². The second-order valence-electron chi connectivity index (χ2n) is 2.63. The van der Waals surface area contributed by atoms with E-state index < -0.39 is 0 Å². The largest absolute Gasteiger partial charge is 0.409 e. The molecule has 8 heteroatoms. The topological polar surface area (TPSA) is 97.3 Å². The molecule has 82 valence electrons. The molecule has 0 bridgehead atoms. The molecular weight excluding hydrogens is 246 g/mol. The van der Waals surface area contributed by atoms with Crippen LogP contribution in [0.3, 0.4) is 0 Å². The smallest absolute Gasteiger partial charge is 0.190 e. The van der Waals surface area contributed by atoms with E-state index in [1.807, 2.05) is 5.38 Å². The Hall–Kier alpha value is -1.67. The maximum absolute atomic E-state index is 8.45. The van der Waals surface area contributed by atoms with Gasteiger partial charge < -0.3 is 10.9 Å². The summed E-state index contributed by atoms with van der Waals surface area (Å²) < 4.78 is 0.894. The van der Waals surface area contributed by atoms with Crippen LogP contribution < -0.4 is 5.73 Å². The summed E-state index contributed by atoms with van der Waals surface area (Å²) >= 11 is 2.94. The van der Waals surface area contributed by atoms with Crippen LogP contribution in [-0.4, -0.2) is 26.0 Å². The molecule has 0 spiro atoms. The SMILES string of the molecule is NC(=NO)c1cnc(Sc2nccs2)cn1. The van der Waals surface area contributed by atoms with Crippen molar-refractivity contribution < 1.29 is 5.21 Å². The van der Waals surface area contributed by atoms with Gasteiger partial charge in [0.15, 0.2) is 10.2 Å². The Morgan fingerprint density at radius 2 is 2.25 bits per heavy atom. The molecule has 6 nitrogen and oxygen atoms in total. The van der Waals surface area contributed by atoms with E-state index in [1.54, 1.807) is 12.4 Å². The molecule has 2 rings (SSSR count). The fourth-order valence-electron chi connectivity index (χ4n) is 0.903. The van der Waals surface area contributed by atoms with E-state index in [-0.39, 0.29) is 5.84 Å². The third-order valence-corrected chi connectivity index (χ3v) is 3.40. The van der Waals surface area contributed by atoms with Crippen molar-refractivity contribution in [3.8, 4) is 0 Å². The van der Waals surface area contributed by atoms with Crippen molar-refractivity contribution in [3.05, 3.63) is 29.7 Å². The predicted octanol–water partition coefficient (Wildman–Crippen LogP) is 1.18. The Morgan fingerprint density at radius 3 is 2.81 bits per heavy atom. The number of rotatable bonds is 3. The molecule has 0 aliphatic rings. The average molecular weight is 253 g/mol. The van der Waals surface area contributed by atoms with Crippen molar-refractivity contribution in [1.29, 1.82) is 0 Å². The minimum absolute atomic E-state index is 0.0571. The van der Waals surface area contributed by atoms with Gasteiger partial charge in [0.2, 0.25) is 0 Å². The maximum atomic E-state index is 8.45. The summed E-state index contributed by atoms with van der Waals surface area (Å²) in [6.07, 6.45) is 4.73. The van der Waals surface area contributed by atoms with Gasteiger partial charge in [0.05, 0.1) is 12.4 Å². The lowest BCUT2D eigenvalue weighted by Gasteiger charge is -1.98. The lowest BCUT2D eigenvalue weighted by Crippen LogP contribution is -2.15. The van der Waals surface area contributed by atoms with Crippen molar-refractivity contribution in [1.82, 2.24) is 15.0 Å². The van der Waals surface area contributed by atoms with Gasteiger partial charge in [-0.25, -0.2) is 15.0 Å². The van der Waals surface area contributed by atoms with Gasteiger partial charge in [-0.15, -0.1) is 11.3 Å². The molecule has 16 heavy (non-hydrogen) atoms. The van der Waals surface area contributed by atoms with Gasteiger partial charge in [0, 0.05) is 11.6 Å². The normalized spacial score (nSPS) is 11.6. The van der Waals surface area contributed by atoms with Gasteiger partial charge in [0.25, 0.3) is 0 Å². The first-order valence-corrected chi connectivity index (χ1v) is 5.86. The van der Waals surface area contributed by atoms with Crippen LogP contribution in [0.2, 0.25) is 0 Å². The van der Waals surface area contributed by atoms with E-state index in [9.17, 15) is 0 Å². The second kappa shape index (κ2) is 4.90. The van der Waals surface area contributed by atoms with Gasteiger partial charge in [0.1, 0.15) is 10.7 Å². The summed E-state index contributed by atoms with van der Waals surface area (Å²) in [6.45, 7) is 0. The van der Waals surface area contributed by atoms with Crippen LogP contribution in [0.15, 0.2) is 38.5 Å². The highest BCUT2D eigenvalue weighted by molar-refractivity contribution is 8.00. The molecule has 2 aromatic rings. The average Bonchev–Trinajstić information content (AvgIpc) is 2.82. The number of nitrogens with zero attached hydrogens (tertiary/aromatic N) is 4. The van der Waals surface area contributed by atoms with E-state index in [1.165, 1.54) is 29.3 Å². The first kappa shape index (κ1) is 10.8. The highest BCUT2D eigenvalue weighted by Gasteiger charge is 2.04. The summed E-state index contributed by atoms with van der Waals surface area (Å²) in [5.41, 5.74) is 5.70. The third kappa shape index (κ3) is 2.47. The highest BCUT2D eigenvalue weighted by atomic mass is 32.2. The van der Waals surface area contributed by atoms with Crippen LogP contribution in [-0.2, 0) is 0 Å². The minimum Gasteiger partial charge on any atom is -0.409 e. The van der Waals surface area contributed by atoms with Gasteiger partial charge in [-0.2, -0.15) is 0 Å². The number of hydrogen-bond acceptors (Lipinski definition) is 7. The molecule has 0 fully saturated rings. The quantitative estimate of drug-likeness (QED) is 0.369. The fourth-order valence-corrected chi connectivity index (χ4v) is 2.38. The maximum Gasteiger partial charge on any atom is 0.190 e. The monoisotopic (exact) mass is 253 g/mol. The fraction of sp³-hybridized carbons (Fsp3) is 0. The van der Waals surface area contributed by atoms with E-state index in [0.717, 1.165) is 4.34 Å². The van der Waals surface area contributed by atoms with E-state index >= 15 is 0 Å².